The highest BCUT2D eigenvalue weighted by Crippen LogP contribution is 2.30. The van der Waals surface area contributed by atoms with Crippen LogP contribution in [-0.4, -0.2) is 38.0 Å². The maximum absolute atomic E-state index is 12.8. The van der Waals surface area contributed by atoms with Gasteiger partial charge in [0.1, 0.15) is 18.1 Å². The third-order valence-corrected chi connectivity index (χ3v) is 4.90. The van der Waals surface area contributed by atoms with E-state index in [1.54, 1.807) is 79.9 Å². The van der Waals surface area contributed by atoms with E-state index < -0.39 is 17.7 Å². The number of amides is 3. The molecular formula is C24H20N2O5. The summed E-state index contributed by atoms with van der Waals surface area (Å²) in [5.74, 6) is 0.102. The Bertz CT molecular complexity index is 1110. The van der Waals surface area contributed by atoms with Gasteiger partial charge < -0.3 is 14.8 Å². The fraction of sp³-hybridized carbons (Fsp3) is 0.125. The number of fused-ring (bicyclic) bond motifs is 1. The van der Waals surface area contributed by atoms with Crippen LogP contribution in [0.25, 0.3) is 0 Å². The van der Waals surface area contributed by atoms with Gasteiger partial charge in [-0.25, -0.2) is 4.90 Å². The maximum Gasteiger partial charge on any atom is 0.266 e. The summed E-state index contributed by atoms with van der Waals surface area (Å²) in [6, 6.07) is 20.3. The van der Waals surface area contributed by atoms with Crippen LogP contribution < -0.4 is 19.7 Å². The number of carbonyl (C=O) groups excluding carboxylic acids is 3. The van der Waals surface area contributed by atoms with Gasteiger partial charge in [-0.1, -0.05) is 24.3 Å². The van der Waals surface area contributed by atoms with E-state index in [0.29, 0.717) is 16.9 Å². The van der Waals surface area contributed by atoms with Crippen LogP contribution in [0.2, 0.25) is 0 Å². The lowest BCUT2D eigenvalue weighted by Crippen LogP contribution is -2.34. The molecule has 1 heterocycles. The number of hydrogen-bond acceptors (Lipinski definition) is 5. The van der Waals surface area contributed by atoms with Gasteiger partial charge >= 0.3 is 0 Å². The second-order valence-corrected chi connectivity index (χ2v) is 6.79. The molecule has 7 heteroatoms. The van der Waals surface area contributed by atoms with Crippen molar-refractivity contribution in [3.05, 3.63) is 89.5 Å². The zero-order chi connectivity index (χ0) is 21.8. The monoisotopic (exact) mass is 416 g/mol. The third kappa shape index (κ3) is 3.98. The van der Waals surface area contributed by atoms with Gasteiger partial charge in [0.05, 0.1) is 36.0 Å². The number of hydrogen-bond donors (Lipinski definition) is 1. The van der Waals surface area contributed by atoms with Crippen LogP contribution in [0.5, 0.6) is 11.5 Å². The molecule has 7 nitrogen and oxygen atoms in total. The summed E-state index contributed by atoms with van der Waals surface area (Å²) in [5.41, 5.74) is 1.15. The second kappa shape index (κ2) is 8.71. The van der Waals surface area contributed by atoms with Gasteiger partial charge in [-0.2, -0.15) is 0 Å². The molecule has 156 valence electrons. The first-order chi connectivity index (χ1) is 15.1. The molecule has 0 saturated carbocycles. The highest BCUT2D eigenvalue weighted by Gasteiger charge is 2.37. The van der Waals surface area contributed by atoms with E-state index in [-0.39, 0.29) is 24.4 Å². The number of anilines is 1. The summed E-state index contributed by atoms with van der Waals surface area (Å²) in [6.45, 7) is 0.508. The fourth-order valence-corrected chi connectivity index (χ4v) is 3.37. The van der Waals surface area contributed by atoms with Crippen molar-refractivity contribution >= 4 is 23.4 Å². The summed E-state index contributed by atoms with van der Waals surface area (Å²) in [6.07, 6.45) is 0. The van der Waals surface area contributed by atoms with Gasteiger partial charge in [-0.05, 0) is 48.5 Å². The van der Waals surface area contributed by atoms with Crippen LogP contribution in [0.3, 0.4) is 0 Å². The van der Waals surface area contributed by atoms with Crippen LogP contribution in [0.4, 0.5) is 5.69 Å². The average Bonchev–Trinajstić information content (AvgIpc) is 3.07. The lowest BCUT2D eigenvalue weighted by atomic mass is 10.1. The van der Waals surface area contributed by atoms with Crippen molar-refractivity contribution in [2.45, 2.75) is 0 Å². The Kier molecular flexibility index (Phi) is 5.66. The van der Waals surface area contributed by atoms with E-state index in [9.17, 15) is 14.4 Å². The van der Waals surface area contributed by atoms with Crippen molar-refractivity contribution in [1.29, 1.82) is 0 Å². The van der Waals surface area contributed by atoms with E-state index in [1.165, 1.54) is 0 Å². The fourth-order valence-electron chi connectivity index (χ4n) is 3.37. The Balaban J connectivity index is 1.43. The highest BCUT2D eigenvalue weighted by molar-refractivity contribution is 6.35. The van der Waals surface area contributed by atoms with Crippen LogP contribution in [0.15, 0.2) is 72.8 Å². The van der Waals surface area contributed by atoms with Gasteiger partial charge in [0.15, 0.2) is 0 Å². The number of methoxy groups -OCH3 is 1. The number of nitrogens with zero attached hydrogens (tertiary/aromatic N) is 1. The van der Waals surface area contributed by atoms with Gasteiger partial charge in [-0.3, -0.25) is 14.4 Å². The van der Waals surface area contributed by atoms with Crippen LogP contribution in [0.1, 0.15) is 31.1 Å². The van der Waals surface area contributed by atoms with Crippen molar-refractivity contribution in [3.8, 4) is 11.5 Å². The zero-order valence-corrected chi connectivity index (χ0v) is 16.8. The van der Waals surface area contributed by atoms with Crippen molar-refractivity contribution in [2.75, 3.05) is 25.2 Å². The second-order valence-electron chi connectivity index (χ2n) is 6.79. The van der Waals surface area contributed by atoms with Crippen molar-refractivity contribution < 1.29 is 23.9 Å². The molecule has 3 amide bonds. The van der Waals surface area contributed by atoms with Crippen LogP contribution in [0, 0.1) is 0 Å². The van der Waals surface area contributed by atoms with E-state index in [1.807, 2.05) is 0 Å². The smallest absolute Gasteiger partial charge is 0.266 e. The molecule has 4 rings (SSSR count). The zero-order valence-electron chi connectivity index (χ0n) is 16.8. The maximum atomic E-state index is 12.8. The van der Waals surface area contributed by atoms with Crippen LogP contribution in [-0.2, 0) is 0 Å². The van der Waals surface area contributed by atoms with E-state index >= 15 is 0 Å². The van der Waals surface area contributed by atoms with Gasteiger partial charge in [0.25, 0.3) is 17.7 Å². The summed E-state index contributed by atoms with van der Waals surface area (Å²) in [5, 5.41) is 2.77. The normalized spacial score (nSPS) is 12.5. The largest absolute Gasteiger partial charge is 0.497 e. The lowest BCUT2D eigenvalue weighted by molar-refractivity contribution is 0.0926. The minimum atomic E-state index is -0.441. The first kappa shape index (κ1) is 20.2. The molecule has 3 aromatic rings. The molecule has 0 unspecified atom stereocenters. The first-order valence-corrected chi connectivity index (χ1v) is 9.72. The standard InChI is InChI=1S/C24H20N2O5/c1-30-16-10-12-17(13-11-16)31-15-14-25-22(27)20-8-4-5-9-21(20)26-23(28)18-6-2-3-7-19(18)24(26)29/h2-13H,14-15H2,1H3,(H,25,27). The predicted octanol–water partition coefficient (Wildman–Crippen LogP) is 3.30. The first-order valence-electron chi connectivity index (χ1n) is 9.72. The molecule has 0 fully saturated rings. The number of benzene rings is 3. The van der Waals surface area contributed by atoms with Gasteiger partial charge in [0.2, 0.25) is 0 Å². The number of imide groups is 1. The molecular weight excluding hydrogens is 396 g/mol. The number of ether oxygens (including phenoxy) is 2. The third-order valence-electron chi connectivity index (χ3n) is 4.90. The molecule has 0 bridgehead atoms. The Labute approximate surface area is 179 Å². The van der Waals surface area contributed by atoms with Gasteiger partial charge in [0, 0.05) is 0 Å². The minimum absolute atomic E-state index is 0.237. The number of rotatable bonds is 7. The summed E-state index contributed by atoms with van der Waals surface area (Å²) in [7, 11) is 1.59. The average molecular weight is 416 g/mol. The molecule has 1 aliphatic rings. The number of carbonyl (C=O) groups is 3. The van der Waals surface area contributed by atoms with Crippen molar-refractivity contribution in [1.82, 2.24) is 5.32 Å². The van der Waals surface area contributed by atoms with E-state index in [2.05, 4.69) is 5.32 Å². The van der Waals surface area contributed by atoms with E-state index in [4.69, 9.17) is 9.47 Å². The molecule has 0 atom stereocenters. The summed E-state index contributed by atoms with van der Waals surface area (Å²) >= 11 is 0. The van der Waals surface area contributed by atoms with Gasteiger partial charge in [-0.15, -0.1) is 0 Å². The number of nitrogens with one attached hydrogen (secondary N) is 1. The highest BCUT2D eigenvalue weighted by atomic mass is 16.5. The number of para-hydroxylation sites is 1. The molecule has 3 aromatic carbocycles. The van der Waals surface area contributed by atoms with Crippen molar-refractivity contribution in [2.24, 2.45) is 0 Å². The predicted molar refractivity (Wildman–Crippen MR) is 115 cm³/mol. The van der Waals surface area contributed by atoms with E-state index in [0.717, 1.165) is 10.6 Å². The molecule has 0 spiro atoms. The molecule has 0 radical (unpaired) electrons. The van der Waals surface area contributed by atoms with Crippen molar-refractivity contribution in [3.63, 3.8) is 0 Å². The topological polar surface area (TPSA) is 84.9 Å². The lowest BCUT2D eigenvalue weighted by Gasteiger charge is -2.18. The Morgan fingerprint density at radius 1 is 0.839 bits per heavy atom. The Morgan fingerprint density at radius 2 is 1.42 bits per heavy atom. The summed E-state index contributed by atoms with van der Waals surface area (Å²) in [4.78, 5) is 39.4. The molecule has 31 heavy (non-hydrogen) atoms. The molecule has 1 N–H and O–H groups in total. The summed E-state index contributed by atoms with van der Waals surface area (Å²) < 4.78 is 10.7. The SMILES string of the molecule is COc1ccc(OCCNC(=O)c2ccccc2N2C(=O)c3ccccc3C2=O)cc1. The minimum Gasteiger partial charge on any atom is -0.497 e. The molecule has 0 aliphatic carbocycles. The Morgan fingerprint density at radius 3 is 2.06 bits per heavy atom. The van der Waals surface area contributed by atoms with Crippen LogP contribution >= 0.6 is 0 Å². The molecule has 0 saturated heterocycles. The molecule has 1 aliphatic heterocycles. The quantitative estimate of drug-likeness (QED) is 0.472. The molecule has 0 aromatic heterocycles. The Hall–Kier alpha value is -4.13.